The first-order valence-corrected chi connectivity index (χ1v) is 9.26. The third-order valence-corrected chi connectivity index (χ3v) is 5.12. The van der Waals surface area contributed by atoms with Gasteiger partial charge >= 0.3 is 0 Å². The van der Waals surface area contributed by atoms with E-state index < -0.39 is 0 Å². The van der Waals surface area contributed by atoms with Crippen molar-refractivity contribution in [3.05, 3.63) is 5.82 Å². The Hall–Kier alpha value is -1.08. The summed E-state index contributed by atoms with van der Waals surface area (Å²) in [4.78, 5) is 16.5. The Morgan fingerprint density at radius 2 is 2.05 bits per heavy atom. The normalized spacial score (nSPS) is 23.4. The number of amides is 1. The average molecular weight is 324 g/mol. The van der Waals surface area contributed by atoms with E-state index in [4.69, 9.17) is 4.74 Å². The fourth-order valence-electron chi connectivity index (χ4n) is 3.08. The van der Waals surface area contributed by atoms with Crippen LogP contribution in [0.4, 0.5) is 0 Å². The molecule has 2 N–H and O–H groups in total. The van der Waals surface area contributed by atoms with Crippen molar-refractivity contribution >= 4 is 17.7 Å². The Labute approximate surface area is 135 Å². The third kappa shape index (κ3) is 4.46. The topological polar surface area (TPSA) is 79.9 Å². The van der Waals surface area contributed by atoms with E-state index in [2.05, 4.69) is 20.5 Å². The maximum absolute atomic E-state index is 12.0. The molecule has 1 saturated carbocycles. The fourth-order valence-corrected chi connectivity index (χ4v) is 3.70. The van der Waals surface area contributed by atoms with Gasteiger partial charge in [-0.25, -0.2) is 4.98 Å². The number of hydrogen-bond donors (Lipinski definition) is 2. The number of carbonyl (C=O) groups is 1. The first-order valence-electron chi connectivity index (χ1n) is 8.27. The number of ether oxygens (including phenoxy) is 1. The molecule has 0 radical (unpaired) electrons. The van der Waals surface area contributed by atoms with E-state index in [1.807, 2.05) is 0 Å². The SMILES string of the molecule is O=C(CSc1n[nH]c([C@@H]2CCCO2)n1)NC1CCCCCC1. The van der Waals surface area contributed by atoms with Gasteiger partial charge in [-0.15, -0.1) is 5.10 Å². The second kappa shape index (κ2) is 7.97. The zero-order valence-electron chi connectivity index (χ0n) is 12.8. The van der Waals surface area contributed by atoms with Crippen molar-refractivity contribution in [1.82, 2.24) is 20.5 Å². The first-order chi connectivity index (χ1) is 10.8. The Kier molecular flexibility index (Phi) is 5.72. The largest absolute Gasteiger partial charge is 0.370 e. The van der Waals surface area contributed by atoms with Crippen LogP contribution in [0.1, 0.15) is 63.3 Å². The van der Waals surface area contributed by atoms with Crippen molar-refractivity contribution < 1.29 is 9.53 Å². The Morgan fingerprint density at radius 1 is 1.23 bits per heavy atom. The Balaban J connectivity index is 1.42. The van der Waals surface area contributed by atoms with Crippen molar-refractivity contribution in [1.29, 1.82) is 0 Å². The van der Waals surface area contributed by atoms with Gasteiger partial charge in [0.1, 0.15) is 6.10 Å². The van der Waals surface area contributed by atoms with E-state index in [1.54, 1.807) is 0 Å². The predicted octanol–water partition coefficient (Wildman–Crippen LogP) is 2.59. The maximum Gasteiger partial charge on any atom is 0.230 e. The zero-order valence-corrected chi connectivity index (χ0v) is 13.7. The van der Waals surface area contributed by atoms with Crippen LogP contribution in [0.15, 0.2) is 5.16 Å². The third-order valence-electron chi connectivity index (χ3n) is 4.27. The van der Waals surface area contributed by atoms with Gasteiger partial charge in [-0.3, -0.25) is 9.89 Å². The number of rotatable bonds is 5. The van der Waals surface area contributed by atoms with E-state index in [1.165, 1.54) is 37.4 Å². The summed E-state index contributed by atoms with van der Waals surface area (Å²) in [5, 5.41) is 10.9. The van der Waals surface area contributed by atoms with Crippen LogP contribution in [0.2, 0.25) is 0 Å². The van der Waals surface area contributed by atoms with Crippen molar-refractivity contribution in [3.8, 4) is 0 Å². The summed E-state index contributed by atoms with van der Waals surface area (Å²) in [6.45, 7) is 0.789. The number of carbonyl (C=O) groups excluding carboxylic acids is 1. The number of thioether (sulfide) groups is 1. The minimum atomic E-state index is 0.0432. The molecule has 2 heterocycles. The van der Waals surface area contributed by atoms with Gasteiger partial charge in [0.25, 0.3) is 0 Å². The Bertz CT molecular complexity index is 480. The second-order valence-electron chi connectivity index (χ2n) is 6.05. The summed E-state index contributed by atoms with van der Waals surface area (Å²) < 4.78 is 5.57. The monoisotopic (exact) mass is 324 g/mol. The number of H-pyrrole nitrogens is 1. The highest BCUT2D eigenvalue weighted by atomic mass is 32.2. The molecule has 3 rings (SSSR count). The van der Waals surface area contributed by atoms with Crippen LogP contribution in [0.5, 0.6) is 0 Å². The molecule has 0 spiro atoms. The van der Waals surface area contributed by atoms with E-state index in [9.17, 15) is 4.79 Å². The fraction of sp³-hybridized carbons (Fsp3) is 0.800. The summed E-state index contributed by atoms with van der Waals surface area (Å²) in [5.41, 5.74) is 0. The predicted molar refractivity (Wildman–Crippen MR) is 84.7 cm³/mol. The summed E-state index contributed by atoms with van der Waals surface area (Å²) in [7, 11) is 0. The molecular formula is C15H24N4O2S. The summed E-state index contributed by atoms with van der Waals surface area (Å²) >= 11 is 1.38. The smallest absolute Gasteiger partial charge is 0.230 e. The average Bonchev–Trinajstić information content (AvgIpc) is 3.14. The lowest BCUT2D eigenvalue weighted by Crippen LogP contribution is -2.35. The molecule has 0 bridgehead atoms. The van der Waals surface area contributed by atoms with E-state index in [0.29, 0.717) is 17.0 Å². The van der Waals surface area contributed by atoms with Gasteiger partial charge in [0, 0.05) is 12.6 Å². The molecule has 0 aromatic carbocycles. The van der Waals surface area contributed by atoms with Crippen LogP contribution >= 0.6 is 11.8 Å². The Morgan fingerprint density at radius 3 is 2.77 bits per heavy atom. The summed E-state index contributed by atoms with van der Waals surface area (Å²) in [5.74, 6) is 1.24. The van der Waals surface area contributed by atoms with Gasteiger partial charge in [-0.05, 0) is 25.7 Å². The minimum absolute atomic E-state index is 0.0432. The molecule has 0 unspecified atom stereocenters. The highest BCUT2D eigenvalue weighted by Crippen LogP contribution is 2.27. The molecule has 1 aromatic rings. The van der Waals surface area contributed by atoms with Crippen molar-refractivity contribution in [2.24, 2.45) is 0 Å². The molecule has 1 amide bonds. The lowest BCUT2D eigenvalue weighted by Gasteiger charge is -2.15. The molecule has 7 heteroatoms. The lowest BCUT2D eigenvalue weighted by molar-refractivity contribution is -0.119. The molecule has 1 aliphatic heterocycles. The van der Waals surface area contributed by atoms with Crippen molar-refractivity contribution in [2.75, 3.05) is 12.4 Å². The number of aromatic nitrogens is 3. The summed E-state index contributed by atoms with van der Waals surface area (Å²) in [6, 6.07) is 0.352. The van der Waals surface area contributed by atoms with Gasteiger partial charge in [-0.2, -0.15) is 0 Å². The van der Waals surface area contributed by atoms with E-state index >= 15 is 0 Å². The molecule has 6 nitrogen and oxygen atoms in total. The van der Waals surface area contributed by atoms with Gasteiger partial charge < -0.3 is 10.1 Å². The molecular weight excluding hydrogens is 300 g/mol. The number of nitrogens with one attached hydrogen (secondary N) is 2. The number of aromatic amines is 1. The van der Waals surface area contributed by atoms with E-state index in [0.717, 1.165) is 38.1 Å². The molecule has 2 aliphatic rings. The lowest BCUT2D eigenvalue weighted by atomic mass is 10.1. The highest BCUT2D eigenvalue weighted by Gasteiger charge is 2.22. The van der Waals surface area contributed by atoms with Crippen LogP contribution in [0.25, 0.3) is 0 Å². The van der Waals surface area contributed by atoms with Crippen molar-refractivity contribution in [3.63, 3.8) is 0 Å². The van der Waals surface area contributed by atoms with Gasteiger partial charge in [0.2, 0.25) is 11.1 Å². The number of nitrogens with zero attached hydrogens (tertiary/aromatic N) is 2. The molecule has 1 aliphatic carbocycles. The van der Waals surface area contributed by atoms with Gasteiger partial charge in [0.05, 0.1) is 5.75 Å². The molecule has 1 atom stereocenters. The van der Waals surface area contributed by atoms with Crippen LogP contribution in [-0.4, -0.2) is 39.5 Å². The van der Waals surface area contributed by atoms with Crippen LogP contribution in [0.3, 0.4) is 0 Å². The number of hydrogen-bond acceptors (Lipinski definition) is 5. The quantitative estimate of drug-likeness (QED) is 0.643. The standard InChI is InChI=1S/C15H24N4O2S/c20-13(16-11-6-3-1-2-4-7-11)10-22-15-17-14(18-19-15)12-8-5-9-21-12/h11-12H,1-10H2,(H,16,20)(H,17,18,19)/t12-/m0/s1. The van der Waals surface area contributed by atoms with Crippen LogP contribution in [-0.2, 0) is 9.53 Å². The second-order valence-corrected chi connectivity index (χ2v) is 6.99. The van der Waals surface area contributed by atoms with Crippen molar-refractivity contribution in [2.45, 2.75) is 68.7 Å². The van der Waals surface area contributed by atoms with E-state index in [-0.39, 0.29) is 12.0 Å². The zero-order chi connectivity index (χ0) is 15.2. The summed E-state index contributed by atoms with van der Waals surface area (Å²) in [6.07, 6.45) is 9.36. The van der Waals surface area contributed by atoms with Crippen LogP contribution < -0.4 is 5.32 Å². The first kappa shape index (κ1) is 15.8. The van der Waals surface area contributed by atoms with Gasteiger partial charge in [-0.1, -0.05) is 37.4 Å². The molecule has 122 valence electrons. The van der Waals surface area contributed by atoms with Crippen LogP contribution in [0, 0.1) is 0 Å². The minimum Gasteiger partial charge on any atom is -0.370 e. The molecule has 1 saturated heterocycles. The maximum atomic E-state index is 12.0. The molecule has 2 fully saturated rings. The highest BCUT2D eigenvalue weighted by molar-refractivity contribution is 7.99. The molecule has 1 aromatic heterocycles. The molecule has 22 heavy (non-hydrogen) atoms. The van der Waals surface area contributed by atoms with Gasteiger partial charge in [0.15, 0.2) is 5.82 Å².